The molecule has 1 aromatic heterocycles. The number of methoxy groups -OCH3 is 2. The van der Waals surface area contributed by atoms with Crippen molar-refractivity contribution in [2.24, 2.45) is 0 Å². The highest BCUT2D eigenvalue weighted by molar-refractivity contribution is 5.73. The molecule has 1 heterocycles. The Kier molecular flexibility index (Phi) is 3.96. The largest absolute Gasteiger partial charge is 0.494 e. The molecule has 7 nitrogen and oxygen atoms in total. The number of benzene rings is 1. The van der Waals surface area contributed by atoms with Gasteiger partial charge in [0.05, 0.1) is 31.0 Å². The number of hydrogen-bond acceptors (Lipinski definition) is 6. The van der Waals surface area contributed by atoms with E-state index in [2.05, 4.69) is 15.5 Å². The van der Waals surface area contributed by atoms with Gasteiger partial charge in [-0.15, -0.1) is 5.10 Å². The number of tetrazole rings is 1. The number of nitrogen functional groups attached to an aromatic ring is 1. The van der Waals surface area contributed by atoms with E-state index in [-0.39, 0.29) is 6.04 Å². The SMILES string of the molecule is COCC(C)n1nnnc1-c1cccc(N)c1OC. The Hall–Kier alpha value is -2.15. The predicted octanol–water partition coefficient (Wildman–Crippen LogP) is 1.14. The van der Waals surface area contributed by atoms with Gasteiger partial charge in [0.2, 0.25) is 0 Å². The highest BCUT2D eigenvalue weighted by Crippen LogP contribution is 2.33. The molecule has 7 heteroatoms. The first kappa shape index (κ1) is 13.3. The normalized spacial score (nSPS) is 12.4. The number of hydrogen-bond donors (Lipinski definition) is 1. The summed E-state index contributed by atoms with van der Waals surface area (Å²) in [6.07, 6.45) is 0. The minimum atomic E-state index is 0.0149. The Morgan fingerprint density at radius 2 is 2.16 bits per heavy atom. The molecule has 0 saturated heterocycles. The van der Waals surface area contributed by atoms with E-state index in [0.717, 1.165) is 5.56 Å². The summed E-state index contributed by atoms with van der Waals surface area (Å²) < 4.78 is 12.2. The van der Waals surface area contributed by atoms with Crippen molar-refractivity contribution >= 4 is 5.69 Å². The molecule has 0 radical (unpaired) electrons. The molecule has 1 atom stereocenters. The van der Waals surface area contributed by atoms with Crippen LogP contribution in [-0.4, -0.2) is 41.0 Å². The lowest BCUT2D eigenvalue weighted by molar-refractivity contribution is 0.156. The molecule has 0 aliphatic heterocycles. The van der Waals surface area contributed by atoms with Crippen molar-refractivity contribution in [3.63, 3.8) is 0 Å². The Balaban J connectivity index is 2.48. The van der Waals surface area contributed by atoms with Crippen molar-refractivity contribution in [1.29, 1.82) is 0 Å². The lowest BCUT2D eigenvalue weighted by atomic mass is 10.1. The van der Waals surface area contributed by atoms with Crippen LogP contribution >= 0.6 is 0 Å². The number of aromatic nitrogens is 4. The van der Waals surface area contributed by atoms with Crippen molar-refractivity contribution in [2.45, 2.75) is 13.0 Å². The summed E-state index contributed by atoms with van der Waals surface area (Å²) in [5.74, 6) is 1.18. The van der Waals surface area contributed by atoms with Crippen molar-refractivity contribution in [1.82, 2.24) is 20.2 Å². The Bertz CT molecular complexity index is 555. The van der Waals surface area contributed by atoms with Crippen molar-refractivity contribution < 1.29 is 9.47 Å². The van der Waals surface area contributed by atoms with Crippen LogP contribution in [-0.2, 0) is 4.74 Å². The first-order valence-corrected chi connectivity index (χ1v) is 5.88. The Morgan fingerprint density at radius 1 is 1.37 bits per heavy atom. The van der Waals surface area contributed by atoms with Crippen LogP contribution in [0, 0.1) is 0 Å². The number of anilines is 1. The van der Waals surface area contributed by atoms with E-state index in [4.69, 9.17) is 15.2 Å². The molecule has 0 fully saturated rings. The minimum Gasteiger partial charge on any atom is -0.494 e. The smallest absolute Gasteiger partial charge is 0.186 e. The molecule has 0 aliphatic rings. The van der Waals surface area contributed by atoms with Crippen molar-refractivity contribution in [3.05, 3.63) is 18.2 Å². The second-order valence-corrected chi connectivity index (χ2v) is 4.18. The molecule has 0 spiro atoms. The van der Waals surface area contributed by atoms with E-state index in [1.54, 1.807) is 25.0 Å². The first-order chi connectivity index (χ1) is 9.19. The van der Waals surface area contributed by atoms with Crippen LogP contribution in [0.3, 0.4) is 0 Å². The summed E-state index contributed by atoms with van der Waals surface area (Å²) in [6.45, 7) is 2.49. The van der Waals surface area contributed by atoms with Gasteiger partial charge < -0.3 is 15.2 Å². The van der Waals surface area contributed by atoms with Gasteiger partial charge in [-0.2, -0.15) is 0 Å². The van der Waals surface area contributed by atoms with Crippen LogP contribution < -0.4 is 10.5 Å². The van der Waals surface area contributed by atoms with E-state index >= 15 is 0 Å². The number of rotatable bonds is 5. The van der Waals surface area contributed by atoms with E-state index in [0.29, 0.717) is 23.9 Å². The van der Waals surface area contributed by atoms with Gasteiger partial charge >= 0.3 is 0 Å². The molecule has 0 saturated carbocycles. The molecule has 0 amide bonds. The third-order valence-electron chi connectivity index (χ3n) is 2.81. The number of para-hydroxylation sites is 1. The van der Waals surface area contributed by atoms with Gasteiger partial charge in [-0.25, -0.2) is 4.68 Å². The molecular formula is C12H17N5O2. The summed E-state index contributed by atoms with van der Waals surface area (Å²) in [4.78, 5) is 0. The van der Waals surface area contributed by atoms with E-state index < -0.39 is 0 Å². The van der Waals surface area contributed by atoms with Gasteiger partial charge in [-0.05, 0) is 29.5 Å². The minimum absolute atomic E-state index is 0.0149. The van der Waals surface area contributed by atoms with E-state index in [9.17, 15) is 0 Å². The maximum atomic E-state index is 5.90. The highest BCUT2D eigenvalue weighted by atomic mass is 16.5. The summed E-state index contributed by atoms with van der Waals surface area (Å²) in [6, 6.07) is 5.50. The van der Waals surface area contributed by atoms with Gasteiger partial charge in [0.25, 0.3) is 0 Å². The predicted molar refractivity (Wildman–Crippen MR) is 70.8 cm³/mol. The maximum Gasteiger partial charge on any atom is 0.186 e. The quantitative estimate of drug-likeness (QED) is 0.814. The summed E-state index contributed by atoms with van der Waals surface area (Å²) in [5.41, 5.74) is 7.20. The second-order valence-electron chi connectivity index (χ2n) is 4.18. The van der Waals surface area contributed by atoms with Crippen LogP contribution in [0.4, 0.5) is 5.69 Å². The van der Waals surface area contributed by atoms with Crippen LogP contribution in [0.2, 0.25) is 0 Å². The molecule has 1 aromatic carbocycles. The van der Waals surface area contributed by atoms with Gasteiger partial charge in [0.15, 0.2) is 11.6 Å². The maximum absolute atomic E-state index is 5.90. The highest BCUT2D eigenvalue weighted by Gasteiger charge is 2.18. The number of nitrogens with zero attached hydrogens (tertiary/aromatic N) is 4. The summed E-state index contributed by atoms with van der Waals surface area (Å²) in [7, 11) is 3.21. The first-order valence-electron chi connectivity index (χ1n) is 5.88. The molecule has 0 bridgehead atoms. The lowest BCUT2D eigenvalue weighted by Gasteiger charge is -2.14. The summed E-state index contributed by atoms with van der Waals surface area (Å²) in [5, 5.41) is 11.8. The molecule has 2 N–H and O–H groups in total. The second kappa shape index (κ2) is 5.66. The Morgan fingerprint density at radius 3 is 2.84 bits per heavy atom. The molecule has 1 unspecified atom stereocenters. The van der Waals surface area contributed by atoms with Crippen molar-refractivity contribution in [3.8, 4) is 17.1 Å². The van der Waals surface area contributed by atoms with Gasteiger partial charge in [-0.3, -0.25) is 0 Å². The number of ether oxygens (including phenoxy) is 2. The third kappa shape index (κ3) is 2.50. The molecular weight excluding hydrogens is 246 g/mol. The van der Waals surface area contributed by atoms with Gasteiger partial charge in [0.1, 0.15) is 0 Å². The van der Waals surface area contributed by atoms with Crippen molar-refractivity contribution in [2.75, 3.05) is 26.6 Å². The number of nitrogens with two attached hydrogens (primary N) is 1. The molecule has 2 rings (SSSR count). The fourth-order valence-electron chi connectivity index (χ4n) is 1.94. The standard InChI is InChI=1S/C12H17N5O2/c1-8(7-18-2)17-12(14-15-16-17)9-5-4-6-10(13)11(9)19-3/h4-6,8H,7,13H2,1-3H3. The zero-order valence-corrected chi connectivity index (χ0v) is 11.2. The van der Waals surface area contributed by atoms with Gasteiger partial charge in [-0.1, -0.05) is 6.07 Å². The fourth-order valence-corrected chi connectivity index (χ4v) is 1.94. The average Bonchev–Trinajstić information content (AvgIpc) is 2.87. The van der Waals surface area contributed by atoms with Crippen LogP contribution in [0.1, 0.15) is 13.0 Å². The lowest BCUT2D eigenvalue weighted by Crippen LogP contribution is -2.14. The monoisotopic (exact) mass is 263 g/mol. The van der Waals surface area contributed by atoms with E-state index in [1.165, 1.54) is 0 Å². The molecule has 0 aliphatic carbocycles. The fraction of sp³-hybridized carbons (Fsp3) is 0.417. The molecule has 102 valence electrons. The van der Waals surface area contributed by atoms with Gasteiger partial charge in [0, 0.05) is 7.11 Å². The third-order valence-corrected chi connectivity index (χ3v) is 2.81. The average molecular weight is 263 g/mol. The summed E-state index contributed by atoms with van der Waals surface area (Å²) >= 11 is 0. The van der Waals surface area contributed by atoms with Crippen LogP contribution in [0.25, 0.3) is 11.4 Å². The topological polar surface area (TPSA) is 88.1 Å². The zero-order chi connectivity index (χ0) is 13.8. The molecule has 19 heavy (non-hydrogen) atoms. The van der Waals surface area contributed by atoms with E-state index in [1.807, 2.05) is 19.1 Å². The van der Waals surface area contributed by atoms with Crippen LogP contribution in [0.15, 0.2) is 18.2 Å². The zero-order valence-electron chi connectivity index (χ0n) is 11.2. The molecule has 2 aromatic rings. The Labute approximate surface area is 111 Å². The van der Waals surface area contributed by atoms with Crippen LogP contribution in [0.5, 0.6) is 5.75 Å².